The molecule has 0 saturated heterocycles. The van der Waals surface area contributed by atoms with Crippen molar-refractivity contribution in [3.8, 4) is 5.75 Å². The normalized spacial score (nSPS) is 16.4. The maximum absolute atomic E-state index is 13.1. The molecular formula is C24H31N3O5S. The Morgan fingerprint density at radius 2 is 1.88 bits per heavy atom. The predicted molar refractivity (Wildman–Crippen MR) is 127 cm³/mol. The third kappa shape index (κ3) is 5.36. The highest BCUT2D eigenvalue weighted by atomic mass is 32.2. The molecule has 2 N–H and O–H groups in total. The SMILES string of the molecule is COc1ccccc1CNC(=O)[C@@H](NS(=O)(=O)c1ccc2c(c1)C[C@@H](C)N2C(C)=O)C(C)C. The lowest BCUT2D eigenvalue weighted by Gasteiger charge is -2.22. The molecule has 1 aliphatic heterocycles. The minimum absolute atomic E-state index is 0.0346. The summed E-state index contributed by atoms with van der Waals surface area (Å²) in [5.74, 6) is -0.134. The first-order chi connectivity index (χ1) is 15.5. The highest BCUT2D eigenvalue weighted by molar-refractivity contribution is 7.89. The van der Waals surface area contributed by atoms with Gasteiger partial charge in [-0.15, -0.1) is 0 Å². The number of carbonyl (C=O) groups is 2. The van der Waals surface area contributed by atoms with Gasteiger partial charge in [0.05, 0.1) is 12.0 Å². The fourth-order valence-electron chi connectivity index (χ4n) is 4.12. The first-order valence-electron chi connectivity index (χ1n) is 10.9. The van der Waals surface area contributed by atoms with Crippen molar-refractivity contribution < 1.29 is 22.7 Å². The van der Waals surface area contributed by atoms with Crippen molar-refractivity contribution in [2.24, 2.45) is 5.92 Å². The molecule has 0 fully saturated rings. The maximum atomic E-state index is 13.1. The monoisotopic (exact) mass is 473 g/mol. The Labute approximate surface area is 195 Å². The van der Waals surface area contributed by atoms with Crippen molar-refractivity contribution in [2.75, 3.05) is 12.0 Å². The zero-order chi connectivity index (χ0) is 24.3. The molecule has 2 aromatic carbocycles. The van der Waals surface area contributed by atoms with Gasteiger partial charge in [0.25, 0.3) is 0 Å². The molecular weight excluding hydrogens is 442 g/mol. The van der Waals surface area contributed by atoms with Crippen molar-refractivity contribution in [3.63, 3.8) is 0 Å². The number of hydrogen-bond donors (Lipinski definition) is 2. The van der Waals surface area contributed by atoms with E-state index in [1.54, 1.807) is 44.1 Å². The lowest BCUT2D eigenvalue weighted by Crippen LogP contribution is -2.49. The van der Waals surface area contributed by atoms with E-state index in [1.165, 1.54) is 13.0 Å². The summed E-state index contributed by atoms with van der Waals surface area (Å²) in [5.41, 5.74) is 2.31. The summed E-state index contributed by atoms with van der Waals surface area (Å²) in [6.07, 6.45) is 0.575. The molecule has 178 valence electrons. The van der Waals surface area contributed by atoms with Gasteiger partial charge in [0.15, 0.2) is 0 Å². The van der Waals surface area contributed by atoms with E-state index in [4.69, 9.17) is 4.74 Å². The minimum atomic E-state index is -3.96. The number of para-hydroxylation sites is 1. The summed E-state index contributed by atoms with van der Waals surface area (Å²) in [6.45, 7) is 7.20. The Morgan fingerprint density at radius 3 is 2.52 bits per heavy atom. The summed E-state index contributed by atoms with van der Waals surface area (Å²) >= 11 is 0. The molecule has 2 atom stereocenters. The van der Waals surface area contributed by atoms with Crippen LogP contribution in [0.3, 0.4) is 0 Å². The largest absolute Gasteiger partial charge is 0.496 e. The Balaban J connectivity index is 1.77. The fourth-order valence-corrected chi connectivity index (χ4v) is 5.52. The van der Waals surface area contributed by atoms with Crippen LogP contribution < -0.4 is 19.7 Å². The molecule has 0 unspecified atom stereocenters. The highest BCUT2D eigenvalue weighted by Crippen LogP contribution is 2.34. The number of hydrogen-bond acceptors (Lipinski definition) is 5. The number of methoxy groups -OCH3 is 1. The first-order valence-corrected chi connectivity index (χ1v) is 12.4. The second-order valence-corrected chi connectivity index (χ2v) is 10.3. The van der Waals surface area contributed by atoms with Crippen LogP contribution in [0.15, 0.2) is 47.4 Å². The van der Waals surface area contributed by atoms with Gasteiger partial charge >= 0.3 is 0 Å². The second-order valence-electron chi connectivity index (χ2n) is 8.61. The summed E-state index contributed by atoms with van der Waals surface area (Å²) in [6, 6.07) is 11.0. The molecule has 3 rings (SSSR count). The predicted octanol–water partition coefficient (Wildman–Crippen LogP) is 2.61. The van der Waals surface area contributed by atoms with Crippen LogP contribution in [0.25, 0.3) is 0 Å². The number of benzene rings is 2. The molecule has 2 amide bonds. The molecule has 0 saturated carbocycles. The summed E-state index contributed by atoms with van der Waals surface area (Å²) in [7, 11) is -2.41. The van der Waals surface area contributed by atoms with Crippen LogP contribution in [0.1, 0.15) is 38.8 Å². The lowest BCUT2D eigenvalue weighted by atomic mass is 10.0. The van der Waals surface area contributed by atoms with Crippen LogP contribution in [0.5, 0.6) is 5.75 Å². The molecule has 33 heavy (non-hydrogen) atoms. The van der Waals surface area contributed by atoms with Crippen LogP contribution in [0.4, 0.5) is 5.69 Å². The standard InChI is InChI=1S/C24H31N3O5S/c1-15(2)23(24(29)25-14-18-8-6-7-9-22(18)32-5)26-33(30,31)20-10-11-21-19(13-20)12-16(3)27(21)17(4)28/h6-11,13,15-16,23,26H,12,14H2,1-5H3,(H,25,29)/t16-,23+/m1/s1. The number of nitrogens with one attached hydrogen (secondary N) is 2. The van der Waals surface area contributed by atoms with Crippen molar-refractivity contribution in [1.82, 2.24) is 10.0 Å². The molecule has 0 bridgehead atoms. The average molecular weight is 474 g/mol. The quantitative estimate of drug-likeness (QED) is 0.613. The zero-order valence-electron chi connectivity index (χ0n) is 19.6. The van der Waals surface area contributed by atoms with E-state index in [9.17, 15) is 18.0 Å². The number of fused-ring (bicyclic) bond motifs is 1. The van der Waals surface area contributed by atoms with E-state index < -0.39 is 22.0 Å². The molecule has 0 radical (unpaired) electrons. The third-order valence-corrected chi connectivity index (χ3v) is 7.23. The van der Waals surface area contributed by atoms with Gasteiger partial charge < -0.3 is 15.0 Å². The van der Waals surface area contributed by atoms with Gasteiger partial charge in [-0.3, -0.25) is 9.59 Å². The van der Waals surface area contributed by atoms with Crippen LogP contribution in [0, 0.1) is 5.92 Å². The van der Waals surface area contributed by atoms with E-state index in [2.05, 4.69) is 10.0 Å². The Hall–Kier alpha value is -2.91. The Kier molecular flexibility index (Phi) is 7.44. The third-order valence-electron chi connectivity index (χ3n) is 5.79. The van der Waals surface area contributed by atoms with Crippen LogP contribution in [-0.4, -0.2) is 39.4 Å². The van der Waals surface area contributed by atoms with Crippen molar-refractivity contribution in [3.05, 3.63) is 53.6 Å². The number of ether oxygens (including phenoxy) is 1. The van der Waals surface area contributed by atoms with E-state index in [0.717, 1.165) is 16.8 Å². The smallest absolute Gasteiger partial charge is 0.241 e. The van der Waals surface area contributed by atoms with E-state index in [0.29, 0.717) is 12.2 Å². The number of rotatable bonds is 8. The Morgan fingerprint density at radius 1 is 1.18 bits per heavy atom. The summed E-state index contributed by atoms with van der Waals surface area (Å²) in [4.78, 5) is 26.6. The summed E-state index contributed by atoms with van der Waals surface area (Å²) < 4.78 is 34.1. The zero-order valence-corrected chi connectivity index (χ0v) is 20.4. The highest BCUT2D eigenvalue weighted by Gasteiger charge is 2.32. The van der Waals surface area contributed by atoms with Gasteiger partial charge in [-0.05, 0) is 49.1 Å². The van der Waals surface area contributed by atoms with Gasteiger partial charge in [0.1, 0.15) is 11.8 Å². The van der Waals surface area contributed by atoms with Crippen molar-refractivity contribution in [1.29, 1.82) is 0 Å². The first kappa shape index (κ1) is 24.7. The van der Waals surface area contributed by atoms with Crippen LogP contribution in [-0.2, 0) is 32.6 Å². The van der Waals surface area contributed by atoms with Crippen molar-refractivity contribution >= 4 is 27.5 Å². The molecule has 0 aliphatic carbocycles. The molecule has 1 aliphatic rings. The Bertz CT molecular complexity index is 1150. The fraction of sp³-hybridized carbons (Fsp3) is 0.417. The molecule has 1 heterocycles. The van der Waals surface area contributed by atoms with Crippen LogP contribution in [0.2, 0.25) is 0 Å². The number of carbonyl (C=O) groups excluding carboxylic acids is 2. The minimum Gasteiger partial charge on any atom is -0.496 e. The molecule has 2 aromatic rings. The van der Waals surface area contributed by atoms with Gasteiger partial charge in [0.2, 0.25) is 21.8 Å². The van der Waals surface area contributed by atoms with Gasteiger partial charge in [-0.25, -0.2) is 8.42 Å². The molecule has 9 heteroatoms. The number of amides is 2. The maximum Gasteiger partial charge on any atom is 0.241 e. The van der Waals surface area contributed by atoms with E-state index in [-0.39, 0.29) is 29.3 Å². The summed E-state index contributed by atoms with van der Waals surface area (Å²) in [5, 5.41) is 2.80. The van der Waals surface area contributed by atoms with Gasteiger partial charge in [-0.1, -0.05) is 32.0 Å². The van der Waals surface area contributed by atoms with E-state index >= 15 is 0 Å². The topological polar surface area (TPSA) is 105 Å². The second kappa shape index (κ2) is 9.93. The number of anilines is 1. The van der Waals surface area contributed by atoms with Crippen LogP contribution >= 0.6 is 0 Å². The number of sulfonamides is 1. The van der Waals surface area contributed by atoms with E-state index in [1.807, 2.05) is 25.1 Å². The molecule has 8 nitrogen and oxygen atoms in total. The van der Waals surface area contributed by atoms with Crippen molar-refractivity contribution in [2.45, 2.75) is 57.6 Å². The molecule has 0 spiro atoms. The number of nitrogens with zero attached hydrogens (tertiary/aromatic N) is 1. The average Bonchev–Trinajstić information content (AvgIpc) is 3.10. The van der Waals surface area contributed by atoms with Gasteiger partial charge in [-0.2, -0.15) is 4.72 Å². The lowest BCUT2D eigenvalue weighted by molar-refractivity contribution is -0.123. The van der Waals surface area contributed by atoms with Gasteiger partial charge in [0, 0.05) is 30.8 Å². The molecule has 0 aromatic heterocycles.